The number of aryl methyl sites for hydroxylation is 1. The lowest BCUT2D eigenvalue weighted by atomic mass is 10.1. The van der Waals surface area contributed by atoms with Crippen LogP contribution in [-0.2, 0) is 11.3 Å². The van der Waals surface area contributed by atoms with Crippen molar-refractivity contribution in [3.8, 4) is 11.8 Å². The quantitative estimate of drug-likeness (QED) is 0.665. The SMILES string of the molecule is CCn1ncc(/C=C(\C#N)C(=O)Nc2cc(Cl)ccc2OC)c1C. The van der Waals surface area contributed by atoms with Gasteiger partial charge in [0.25, 0.3) is 5.91 Å². The minimum absolute atomic E-state index is 0.0317. The molecule has 2 rings (SSSR count). The number of anilines is 1. The summed E-state index contributed by atoms with van der Waals surface area (Å²) in [4.78, 5) is 12.4. The van der Waals surface area contributed by atoms with Crippen molar-refractivity contribution in [2.75, 3.05) is 12.4 Å². The molecule has 1 heterocycles. The smallest absolute Gasteiger partial charge is 0.266 e. The Morgan fingerprint density at radius 3 is 2.88 bits per heavy atom. The van der Waals surface area contributed by atoms with Gasteiger partial charge >= 0.3 is 0 Å². The molecule has 0 unspecified atom stereocenters. The second-order valence-corrected chi connectivity index (χ2v) is 5.41. The number of carbonyl (C=O) groups excluding carboxylic acids is 1. The number of methoxy groups -OCH3 is 1. The summed E-state index contributed by atoms with van der Waals surface area (Å²) in [6, 6.07) is 6.77. The van der Waals surface area contributed by atoms with Crippen LogP contribution in [-0.4, -0.2) is 22.8 Å². The number of amides is 1. The highest BCUT2D eigenvalue weighted by Crippen LogP contribution is 2.28. The molecule has 0 saturated heterocycles. The number of benzene rings is 1. The average Bonchev–Trinajstić information content (AvgIpc) is 2.92. The first kappa shape index (κ1) is 17.6. The maximum atomic E-state index is 12.4. The van der Waals surface area contributed by atoms with Gasteiger partial charge in [-0.05, 0) is 38.1 Å². The topological polar surface area (TPSA) is 79.9 Å². The van der Waals surface area contributed by atoms with E-state index >= 15 is 0 Å². The number of aromatic nitrogens is 2. The van der Waals surface area contributed by atoms with Gasteiger partial charge in [0.15, 0.2) is 0 Å². The Morgan fingerprint density at radius 2 is 2.29 bits per heavy atom. The van der Waals surface area contributed by atoms with Crippen molar-refractivity contribution < 1.29 is 9.53 Å². The largest absolute Gasteiger partial charge is 0.495 e. The Labute approximate surface area is 145 Å². The molecule has 6 nitrogen and oxygen atoms in total. The number of carbonyl (C=O) groups is 1. The van der Waals surface area contributed by atoms with Crippen LogP contribution in [0.5, 0.6) is 5.75 Å². The van der Waals surface area contributed by atoms with Crippen LogP contribution in [0, 0.1) is 18.3 Å². The van der Waals surface area contributed by atoms with Gasteiger partial charge in [-0.3, -0.25) is 9.48 Å². The highest BCUT2D eigenvalue weighted by Gasteiger charge is 2.14. The van der Waals surface area contributed by atoms with Crippen molar-refractivity contribution in [2.45, 2.75) is 20.4 Å². The molecule has 0 aliphatic heterocycles. The highest BCUT2D eigenvalue weighted by atomic mass is 35.5. The zero-order valence-electron chi connectivity index (χ0n) is 13.6. The summed E-state index contributed by atoms with van der Waals surface area (Å²) in [5.74, 6) is -0.0817. The van der Waals surface area contributed by atoms with Crippen molar-refractivity contribution in [3.05, 3.63) is 46.2 Å². The zero-order chi connectivity index (χ0) is 17.7. The predicted molar refractivity (Wildman–Crippen MR) is 92.9 cm³/mol. The lowest BCUT2D eigenvalue weighted by Crippen LogP contribution is -2.14. The monoisotopic (exact) mass is 344 g/mol. The van der Waals surface area contributed by atoms with Crippen LogP contribution in [0.2, 0.25) is 5.02 Å². The predicted octanol–water partition coefficient (Wildman–Crippen LogP) is 3.42. The minimum atomic E-state index is -0.540. The lowest BCUT2D eigenvalue weighted by molar-refractivity contribution is -0.112. The van der Waals surface area contributed by atoms with Gasteiger partial charge in [0, 0.05) is 22.8 Å². The first-order valence-electron chi connectivity index (χ1n) is 7.29. The summed E-state index contributed by atoms with van der Waals surface area (Å²) in [6.45, 7) is 4.57. The van der Waals surface area contributed by atoms with Gasteiger partial charge in [-0.2, -0.15) is 10.4 Å². The van der Waals surface area contributed by atoms with Crippen molar-refractivity contribution in [2.24, 2.45) is 0 Å². The number of hydrogen-bond acceptors (Lipinski definition) is 4. The molecule has 0 fully saturated rings. The van der Waals surface area contributed by atoms with Gasteiger partial charge in [0.1, 0.15) is 17.4 Å². The Kier molecular flexibility index (Phi) is 5.61. The number of nitrogens with zero attached hydrogens (tertiary/aromatic N) is 3. The van der Waals surface area contributed by atoms with E-state index in [4.69, 9.17) is 16.3 Å². The van der Waals surface area contributed by atoms with Crippen molar-refractivity contribution in [1.82, 2.24) is 9.78 Å². The summed E-state index contributed by atoms with van der Waals surface area (Å²) in [5, 5.41) is 16.6. The molecular formula is C17H17ClN4O2. The van der Waals surface area contributed by atoms with E-state index in [-0.39, 0.29) is 5.57 Å². The van der Waals surface area contributed by atoms with E-state index in [2.05, 4.69) is 10.4 Å². The van der Waals surface area contributed by atoms with Crippen molar-refractivity contribution in [3.63, 3.8) is 0 Å². The fraction of sp³-hybridized carbons (Fsp3) is 0.235. The van der Waals surface area contributed by atoms with Crippen molar-refractivity contribution >= 4 is 29.3 Å². The number of halogens is 1. The number of ether oxygens (including phenoxy) is 1. The minimum Gasteiger partial charge on any atom is -0.495 e. The summed E-state index contributed by atoms with van der Waals surface area (Å²) >= 11 is 5.94. The van der Waals surface area contributed by atoms with Gasteiger partial charge in [0.05, 0.1) is 19.0 Å². The molecule has 0 saturated carbocycles. The molecule has 0 aliphatic rings. The second-order valence-electron chi connectivity index (χ2n) is 4.97. The number of nitrogens with one attached hydrogen (secondary N) is 1. The van der Waals surface area contributed by atoms with E-state index in [0.29, 0.717) is 23.0 Å². The average molecular weight is 345 g/mol. The van der Waals surface area contributed by atoms with Crippen LogP contribution in [0.25, 0.3) is 6.08 Å². The van der Waals surface area contributed by atoms with Crippen LogP contribution >= 0.6 is 11.6 Å². The third kappa shape index (κ3) is 3.76. The third-order valence-corrected chi connectivity index (χ3v) is 3.75. The Morgan fingerprint density at radius 1 is 1.54 bits per heavy atom. The van der Waals surface area contributed by atoms with Crippen LogP contribution in [0.3, 0.4) is 0 Å². The van der Waals surface area contributed by atoms with Gasteiger partial charge in [-0.1, -0.05) is 11.6 Å². The van der Waals surface area contributed by atoms with Crippen LogP contribution in [0.1, 0.15) is 18.2 Å². The van der Waals surface area contributed by atoms with E-state index in [1.807, 2.05) is 19.9 Å². The molecule has 24 heavy (non-hydrogen) atoms. The number of rotatable bonds is 5. The molecule has 0 aliphatic carbocycles. The fourth-order valence-corrected chi connectivity index (χ4v) is 2.37. The maximum Gasteiger partial charge on any atom is 0.266 e. The molecule has 1 aromatic carbocycles. The molecule has 0 bridgehead atoms. The van der Waals surface area contributed by atoms with E-state index < -0.39 is 5.91 Å². The van der Waals surface area contributed by atoms with Gasteiger partial charge in [-0.25, -0.2) is 0 Å². The zero-order valence-corrected chi connectivity index (χ0v) is 14.4. The van der Waals surface area contributed by atoms with Crippen LogP contribution in [0.15, 0.2) is 30.0 Å². The molecule has 7 heteroatoms. The number of nitriles is 1. The van der Waals surface area contributed by atoms with Crippen LogP contribution in [0.4, 0.5) is 5.69 Å². The number of hydrogen-bond donors (Lipinski definition) is 1. The third-order valence-electron chi connectivity index (χ3n) is 3.52. The molecule has 0 atom stereocenters. The highest BCUT2D eigenvalue weighted by molar-refractivity contribution is 6.31. The van der Waals surface area contributed by atoms with E-state index in [0.717, 1.165) is 11.3 Å². The standard InChI is InChI=1S/C17H17ClN4O2/c1-4-22-11(2)13(10-20-22)7-12(9-19)17(23)21-15-8-14(18)5-6-16(15)24-3/h5-8,10H,4H2,1-3H3,(H,21,23)/b12-7+. The van der Waals surface area contributed by atoms with Gasteiger partial charge in [-0.15, -0.1) is 0 Å². The Balaban J connectivity index is 2.30. The Hall–Kier alpha value is -2.78. The maximum absolute atomic E-state index is 12.4. The van der Waals surface area contributed by atoms with E-state index in [1.165, 1.54) is 13.2 Å². The second kappa shape index (κ2) is 7.66. The van der Waals surface area contributed by atoms with Crippen molar-refractivity contribution in [1.29, 1.82) is 5.26 Å². The molecule has 1 amide bonds. The summed E-state index contributed by atoms with van der Waals surface area (Å²) in [6.07, 6.45) is 3.14. The van der Waals surface area contributed by atoms with Gasteiger partial charge < -0.3 is 10.1 Å². The molecule has 1 N–H and O–H groups in total. The molecule has 0 spiro atoms. The van der Waals surface area contributed by atoms with Crippen LogP contribution < -0.4 is 10.1 Å². The molecule has 0 radical (unpaired) electrons. The molecule has 2 aromatic rings. The normalized spacial score (nSPS) is 11.0. The lowest BCUT2D eigenvalue weighted by Gasteiger charge is -2.10. The first-order chi connectivity index (χ1) is 11.5. The van der Waals surface area contributed by atoms with E-state index in [1.54, 1.807) is 29.1 Å². The molecular weight excluding hydrogens is 328 g/mol. The van der Waals surface area contributed by atoms with Gasteiger partial charge in [0.2, 0.25) is 0 Å². The Bertz CT molecular complexity index is 834. The summed E-state index contributed by atoms with van der Waals surface area (Å²) < 4.78 is 6.97. The molecule has 124 valence electrons. The molecule has 1 aromatic heterocycles. The first-order valence-corrected chi connectivity index (χ1v) is 7.67. The summed E-state index contributed by atoms with van der Waals surface area (Å²) in [7, 11) is 1.49. The van der Waals surface area contributed by atoms with E-state index in [9.17, 15) is 10.1 Å². The summed E-state index contributed by atoms with van der Waals surface area (Å²) in [5.41, 5.74) is 1.98. The fourth-order valence-electron chi connectivity index (χ4n) is 2.19.